The van der Waals surface area contributed by atoms with E-state index in [1.54, 1.807) is 0 Å². The molecule has 0 radical (unpaired) electrons. The Bertz CT molecular complexity index is 548. The smallest absolute Gasteiger partial charge is 0.194 e. The third-order valence-corrected chi connectivity index (χ3v) is 5.71. The Balaban J connectivity index is 1.70. The molecule has 0 amide bonds. The van der Waals surface area contributed by atoms with Crippen LogP contribution in [-0.4, -0.2) is 56.0 Å². The maximum absolute atomic E-state index is 5.01. The molecule has 3 rings (SSSR count). The topological polar surface area (TPSA) is 30.9 Å². The number of aliphatic imine (C=N–C) groups is 1. The molecule has 4 heteroatoms. The fourth-order valence-electron chi connectivity index (χ4n) is 4.04. The van der Waals surface area contributed by atoms with Crippen LogP contribution in [0.4, 0.5) is 0 Å². The van der Waals surface area contributed by atoms with Crippen LogP contribution in [0, 0.1) is 5.41 Å². The van der Waals surface area contributed by atoms with Gasteiger partial charge in [0.1, 0.15) is 0 Å². The Morgan fingerprint density at radius 3 is 2.54 bits per heavy atom. The zero-order chi connectivity index (χ0) is 17.0. The third kappa shape index (κ3) is 3.75. The predicted octanol–water partition coefficient (Wildman–Crippen LogP) is 3.13. The van der Waals surface area contributed by atoms with Crippen molar-refractivity contribution in [1.29, 1.82) is 0 Å². The van der Waals surface area contributed by atoms with Crippen molar-refractivity contribution in [2.24, 2.45) is 10.4 Å². The summed E-state index contributed by atoms with van der Waals surface area (Å²) in [6.07, 6.45) is 5.58. The zero-order valence-electron chi connectivity index (χ0n) is 15.5. The predicted molar refractivity (Wildman–Crippen MR) is 101 cm³/mol. The number of likely N-dealkylation sites (N-methyl/N-ethyl adjacent to an activating group) is 1. The van der Waals surface area contributed by atoms with Gasteiger partial charge < -0.3 is 15.1 Å². The standard InChI is InChI=1S/C20H32N4/c1-4-21-19(24-14-13-20(16-24)11-8-12-20)22-15-18(23(2)3)17-9-6-5-7-10-17/h5-7,9-10,18H,4,8,11-16H2,1-3H3,(H,21,22). The molecule has 1 saturated heterocycles. The minimum Gasteiger partial charge on any atom is -0.357 e. The quantitative estimate of drug-likeness (QED) is 0.665. The van der Waals surface area contributed by atoms with Crippen molar-refractivity contribution in [2.75, 3.05) is 40.3 Å². The summed E-state index contributed by atoms with van der Waals surface area (Å²) < 4.78 is 0. The van der Waals surface area contributed by atoms with Crippen LogP contribution in [0.3, 0.4) is 0 Å². The van der Waals surface area contributed by atoms with Crippen molar-refractivity contribution in [2.45, 2.75) is 38.6 Å². The van der Waals surface area contributed by atoms with Gasteiger partial charge >= 0.3 is 0 Å². The van der Waals surface area contributed by atoms with Gasteiger partial charge in [0.15, 0.2) is 5.96 Å². The number of hydrogen-bond acceptors (Lipinski definition) is 2. The van der Waals surface area contributed by atoms with Crippen molar-refractivity contribution in [1.82, 2.24) is 15.1 Å². The molecule has 1 spiro atoms. The van der Waals surface area contributed by atoms with E-state index in [2.05, 4.69) is 66.5 Å². The lowest BCUT2D eigenvalue weighted by atomic mass is 9.68. The van der Waals surface area contributed by atoms with E-state index >= 15 is 0 Å². The van der Waals surface area contributed by atoms with Crippen molar-refractivity contribution in [3.8, 4) is 0 Å². The molecule has 0 aromatic heterocycles. The second-order valence-electron chi connectivity index (χ2n) is 7.61. The molecule has 1 aliphatic carbocycles. The highest BCUT2D eigenvalue weighted by molar-refractivity contribution is 5.80. The zero-order valence-corrected chi connectivity index (χ0v) is 15.5. The summed E-state index contributed by atoms with van der Waals surface area (Å²) in [5.74, 6) is 1.10. The van der Waals surface area contributed by atoms with Crippen LogP contribution >= 0.6 is 0 Å². The van der Waals surface area contributed by atoms with E-state index in [1.807, 2.05) is 0 Å². The van der Waals surface area contributed by atoms with Crippen molar-refractivity contribution >= 4 is 5.96 Å². The third-order valence-electron chi connectivity index (χ3n) is 5.71. The summed E-state index contributed by atoms with van der Waals surface area (Å²) in [4.78, 5) is 9.76. The van der Waals surface area contributed by atoms with Crippen LogP contribution in [0.5, 0.6) is 0 Å². The van der Waals surface area contributed by atoms with Crippen LogP contribution < -0.4 is 5.32 Å². The lowest BCUT2D eigenvalue weighted by Gasteiger charge is -2.38. The summed E-state index contributed by atoms with van der Waals surface area (Å²) in [6, 6.07) is 11.0. The molecule has 132 valence electrons. The number of rotatable bonds is 5. The Kier molecular flexibility index (Phi) is 5.44. The van der Waals surface area contributed by atoms with Gasteiger partial charge in [-0.05, 0) is 51.3 Å². The maximum Gasteiger partial charge on any atom is 0.194 e. The van der Waals surface area contributed by atoms with E-state index in [9.17, 15) is 0 Å². The molecular formula is C20H32N4. The van der Waals surface area contributed by atoms with Gasteiger partial charge in [-0.3, -0.25) is 4.99 Å². The molecule has 1 atom stereocenters. The molecule has 1 heterocycles. The molecule has 24 heavy (non-hydrogen) atoms. The van der Waals surface area contributed by atoms with E-state index in [1.165, 1.54) is 37.8 Å². The van der Waals surface area contributed by atoms with E-state index in [0.717, 1.165) is 25.6 Å². The Morgan fingerprint density at radius 2 is 2.00 bits per heavy atom. The van der Waals surface area contributed by atoms with Gasteiger partial charge in [-0.2, -0.15) is 0 Å². The first kappa shape index (κ1) is 17.3. The Labute approximate surface area is 146 Å². The van der Waals surface area contributed by atoms with Crippen LogP contribution in [0.15, 0.2) is 35.3 Å². The molecule has 1 aromatic carbocycles. The highest BCUT2D eigenvalue weighted by Gasteiger charge is 2.43. The number of likely N-dealkylation sites (tertiary alicyclic amines) is 1. The van der Waals surface area contributed by atoms with E-state index < -0.39 is 0 Å². The fraction of sp³-hybridized carbons (Fsp3) is 0.650. The molecule has 1 saturated carbocycles. The van der Waals surface area contributed by atoms with Crippen molar-refractivity contribution in [3.05, 3.63) is 35.9 Å². The Hall–Kier alpha value is -1.55. The SMILES string of the molecule is CCNC(=NCC(c1ccccc1)N(C)C)N1CCC2(CCC2)C1. The summed E-state index contributed by atoms with van der Waals surface area (Å²) in [5.41, 5.74) is 1.94. The number of nitrogens with zero attached hydrogens (tertiary/aromatic N) is 3. The average molecular weight is 329 g/mol. The minimum atomic E-state index is 0.320. The summed E-state index contributed by atoms with van der Waals surface area (Å²) >= 11 is 0. The highest BCUT2D eigenvalue weighted by Crippen LogP contribution is 2.47. The fourth-order valence-corrected chi connectivity index (χ4v) is 4.04. The number of guanidine groups is 1. The second kappa shape index (κ2) is 7.56. The minimum absolute atomic E-state index is 0.320. The normalized spacial score (nSPS) is 21.2. The first-order valence-corrected chi connectivity index (χ1v) is 9.38. The molecule has 1 aliphatic heterocycles. The molecule has 1 aromatic rings. The van der Waals surface area contributed by atoms with Gasteiger partial charge in [-0.1, -0.05) is 36.8 Å². The van der Waals surface area contributed by atoms with Gasteiger partial charge in [-0.25, -0.2) is 0 Å². The molecule has 2 aliphatic rings. The largest absolute Gasteiger partial charge is 0.357 e. The Morgan fingerprint density at radius 1 is 1.25 bits per heavy atom. The summed E-state index contributed by atoms with van der Waals surface area (Å²) in [5, 5.41) is 3.51. The van der Waals surface area contributed by atoms with Crippen molar-refractivity contribution < 1.29 is 0 Å². The summed E-state index contributed by atoms with van der Waals surface area (Å²) in [6.45, 7) is 6.23. The molecule has 1 N–H and O–H groups in total. The van der Waals surface area contributed by atoms with E-state index in [4.69, 9.17) is 4.99 Å². The molecule has 0 bridgehead atoms. The number of benzene rings is 1. The van der Waals surface area contributed by atoms with Crippen LogP contribution in [0.25, 0.3) is 0 Å². The monoisotopic (exact) mass is 328 g/mol. The van der Waals surface area contributed by atoms with Gasteiger partial charge in [-0.15, -0.1) is 0 Å². The second-order valence-corrected chi connectivity index (χ2v) is 7.61. The summed E-state index contributed by atoms with van der Waals surface area (Å²) in [7, 11) is 4.28. The van der Waals surface area contributed by atoms with E-state index in [-0.39, 0.29) is 0 Å². The van der Waals surface area contributed by atoms with Crippen LogP contribution in [0.2, 0.25) is 0 Å². The van der Waals surface area contributed by atoms with Gasteiger partial charge in [0.25, 0.3) is 0 Å². The lowest BCUT2D eigenvalue weighted by molar-refractivity contribution is 0.151. The van der Waals surface area contributed by atoms with Crippen molar-refractivity contribution in [3.63, 3.8) is 0 Å². The number of nitrogens with one attached hydrogen (secondary N) is 1. The molecule has 1 unspecified atom stereocenters. The van der Waals surface area contributed by atoms with Gasteiger partial charge in [0, 0.05) is 19.6 Å². The van der Waals surface area contributed by atoms with Gasteiger partial charge in [0.2, 0.25) is 0 Å². The maximum atomic E-state index is 5.01. The van der Waals surface area contributed by atoms with Crippen LogP contribution in [-0.2, 0) is 0 Å². The first-order chi connectivity index (χ1) is 11.6. The van der Waals surface area contributed by atoms with Gasteiger partial charge in [0.05, 0.1) is 12.6 Å². The first-order valence-electron chi connectivity index (χ1n) is 9.38. The van der Waals surface area contributed by atoms with E-state index in [0.29, 0.717) is 11.5 Å². The average Bonchev–Trinajstić information content (AvgIpc) is 3.00. The highest BCUT2D eigenvalue weighted by atomic mass is 15.3. The molecule has 2 fully saturated rings. The molecule has 4 nitrogen and oxygen atoms in total. The van der Waals surface area contributed by atoms with Crippen LogP contribution in [0.1, 0.15) is 44.2 Å². The lowest BCUT2D eigenvalue weighted by Crippen LogP contribution is -2.43. The number of hydrogen-bond donors (Lipinski definition) is 1. The molecular weight excluding hydrogens is 296 g/mol.